The van der Waals surface area contributed by atoms with Crippen molar-refractivity contribution in [1.82, 2.24) is 0 Å². The van der Waals surface area contributed by atoms with Crippen molar-refractivity contribution in [3.05, 3.63) is 58.6 Å². The van der Waals surface area contributed by atoms with Crippen molar-refractivity contribution in [3.8, 4) is 0 Å². The van der Waals surface area contributed by atoms with E-state index in [1.165, 1.54) is 4.31 Å². The maximum atomic E-state index is 12.3. The summed E-state index contributed by atoms with van der Waals surface area (Å²) in [6.45, 7) is 2.34. The molecule has 0 aromatic heterocycles. The van der Waals surface area contributed by atoms with Gasteiger partial charge in [0.15, 0.2) is 0 Å². The summed E-state index contributed by atoms with van der Waals surface area (Å²) >= 11 is 5.83. The molecule has 0 unspecified atom stereocenters. The maximum Gasteiger partial charge on any atom is 0.255 e. The molecule has 1 saturated heterocycles. The van der Waals surface area contributed by atoms with E-state index >= 15 is 0 Å². The topological polar surface area (TPSA) is 66.5 Å². The van der Waals surface area contributed by atoms with E-state index in [0.29, 0.717) is 34.9 Å². The lowest BCUT2D eigenvalue weighted by molar-refractivity contribution is 0.102. The third kappa shape index (κ3) is 3.96. The SMILES string of the molecule is Cc1cc(NC(=O)c2ccc(Cl)cc2)ccc1N1CCCCS1(=O)=O. The van der Waals surface area contributed by atoms with Crippen LogP contribution < -0.4 is 9.62 Å². The van der Waals surface area contributed by atoms with Crippen LogP contribution in [0.1, 0.15) is 28.8 Å². The predicted molar refractivity (Wildman–Crippen MR) is 101 cm³/mol. The Morgan fingerprint density at radius 3 is 2.48 bits per heavy atom. The normalized spacial score (nSPS) is 16.5. The number of carbonyl (C=O) groups excluding carboxylic acids is 1. The minimum Gasteiger partial charge on any atom is -0.322 e. The number of aryl methyl sites for hydroxylation is 1. The van der Waals surface area contributed by atoms with Crippen LogP contribution in [0.3, 0.4) is 0 Å². The van der Waals surface area contributed by atoms with E-state index in [9.17, 15) is 13.2 Å². The molecule has 25 heavy (non-hydrogen) atoms. The number of carbonyl (C=O) groups is 1. The fraction of sp³-hybridized carbons (Fsp3) is 0.278. The minimum absolute atomic E-state index is 0.182. The van der Waals surface area contributed by atoms with Crippen molar-refractivity contribution in [2.75, 3.05) is 21.9 Å². The second-order valence-electron chi connectivity index (χ2n) is 6.06. The van der Waals surface area contributed by atoms with Crippen molar-refractivity contribution < 1.29 is 13.2 Å². The van der Waals surface area contributed by atoms with Gasteiger partial charge in [0.25, 0.3) is 5.91 Å². The van der Waals surface area contributed by atoms with Gasteiger partial charge in [-0.15, -0.1) is 0 Å². The molecule has 1 fully saturated rings. The van der Waals surface area contributed by atoms with Gasteiger partial charge in [0, 0.05) is 22.8 Å². The second kappa shape index (κ2) is 7.06. The number of rotatable bonds is 3. The van der Waals surface area contributed by atoms with Crippen molar-refractivity contribution in [3.63, 3.8) is 0 Å². The highest BCUT2D eigenvalue weighted by atomic mass is 35.5. The standard InChI is InChI=1S/C18H19ClN2O3S/c1-13-12-16(20-18(22)14-4-6-15(19)7-5-14)8-9-17(13)21-10-2-3-11-25(21,23)24/h4-9,12H,2-3,10-11H2,1H3,(H,20,22). The largest absolute Gasteiger partial charge is 0.322 e. The van der Waals surface area contributed by atoms with Gasteiger partial charge < -0.3 is 5.32 Å². The van der Waals surface area contributed by atoms with Gasteiger partial charge in [-0.3, -0.25) is 9.10 Å². The highest BCUT2D eigenvalue weighted by Crippen LogP contribution is 2.29. The fourth-order valence-corrected chi connectivity index (χ4v) is 4.70. The van der Waals surface area contributed by atoms with Crippen LogP contribution in [0.5, 0.6) is 0 Å². The van der Waals surface area contributed by atoms with Gasteiger partial charge in [0.1, 0.15) is 0 Å². The minimum atomic E-state index is -3.25. The first-order valence-electron chi connectivity index (χ1n) is 8.05. The molecule has 0 atom stereocenters. The zero-order valence-electron chi connectivity index (χ0n) is 13.8. The number of hydrogen-bond donors (Lipinski definition) is 1. The molecule has 0 saturated carbocycles. The van der Waals surface area contributed by atoms with E-state index in [4.69, 9.17) is 11.6 Å². The molecule has 1 amide bonds. The molecule has 0 bridgehead atoms. The predicted octanol–water partition coefficient (Wildman–Crippen LogP) is 3.83. The lowest BCUT2D eigenvalue weighted by Crippen LogP contribution is -2.38. The van der Waals surface area contributed by atoms with Gasteiger partial charge in [-0.25, -0.2) is 8.42 Å². The molecular weight excluding hydrogens is 360 g/mol. The molecule has 7 heteroatoms. The van der Waals surface area contributed by atoms with Crippen LogP contribution in [0.15, 0.2) is 42.5 Å². The molecule has 0 radical (unpaired) electrons. The number of anilines is 2. The number of amides is 1. The van der Waals surface area contributed by atoms with E-state index in [-0.39, 0.29) is 11.7 Å². The van der Waals surface area contributed by atoms with Crippen LogP contribution in [-0.2, 0) is 10.0 Å². The molecule has 1 N–H and O–H groups in total. The summed E-state index contributed by atoms with van der Waals surface area (Å²) in [5, 5.41) is 3.39. The van der Waals surface area contributed by atoms with Crippen LogP contribution in [0, 0.1) is 6.92 Å². The van der Waals surface area contributed by atoms with Crippen LogP contribution >= 0.6 is 11.6 Å². The fourth-order valence-electron chi connectivity index (χ4n) is 2.88. The third-order valence-electron chi connectivity index (χ3n) is 4.18. The molecule has 0 aliphatic carbocycles. The third-order valence-corrected chi connectivity index (χ3v) is 6.29. The van der Waals surface area contributed by atoms with Gasteiger partial charge in [-0.1, -0.05) is 11.6 Å². The zero-order chi connectivity index (χ0) is 18.0. The van der Waals surface area contributed by atoms with E-state index in [0.717, 1.165) is 12.0 Å². The van der Waals surface area contributed by atoms with Gasteiger partial charge in [0.05, 0.1) is 11.4 Å². The first kappa shape index (κ1) is 17.8. The summed E-state index contributed by atoms with van der Waals surface area (Å²) in [4.78, 5) is 12.3. The summed E-state index contributed by atoms with van der Waals surface area (Å²) < 4.78 is 26.0. The number of nitrogens with one attached hydrogen (secondary N) is 1. The number of halogens is 1. The molecule has 1 heterocycles. The Balaban J connectivity index is 1.80. The van der Waals surface area contributed by atoms with Crippen LogP contribution in [-0.4, -0.2) is 26.6 Å². The first-order valence-corrected chi connectivity index (χ1v) is 10.0. The monoisotopic (exact) mass is 378 g/mol. The summed E-state index contributed by atoms with van der Waals surface area (Å²) in [5.74, 6) is -0.0592. The highest BCUT2D eigenvalue weighted by Gasteiger charge is 2.27. The van der Waals surface area contributed by atoms with Crippen molar-refractivity contribution >= 4 is 38.9 Å². The van der Waals surface area contributed by atoms with Gasteiger partial charge in [0.2, 0.25) is 10.0 Å². The van der Waals surface area contributed by atoms with Gasteiger partial charge in [-0.05, 0) is 67.8 Å². The molecule has 1 aliphatic heterocycles. The average Bonchev–Trinajstić information content (AvgIpc) is 2.56. The Kier molecular flexibility index (Phi) is 5.01. The average molecular weight is 379 g/mol. The van der Waals surface area contributed by atoms with Crippen molar-refractivity contribution in [2.45, 2.75) is 19.8 Å². The second-order valence-corrected chi connectivity index (χ2v) is 8.51. The van der Waals surface area contributed by atoms with E-state index in [1.807, 2.05) is 6.92 Å². The number of benzene rings is 2. The lowest BCUT2D eigenvalue weighted by atomic mass is 10.1. The Bertz CT molecular complexity index is 895. The van der Waals surface area contributed by atoms with Crippen LogP contribution in [0.2, 0.25) is 5.02 Å². The Labute approximate surface area is 152 Å². The molecule has 132 valence electrons. The summed E-state index contributed by atoms with van der Waals surface area (Å²) in [5.41, 5.74) is 2.60. The van der Waals surface area contributed by atoms with Crippen molar-refractivity contribution in [2.24, 2.45) is 0 Å². The molecule has 1 aliphatic rings. The first-order chi connectivity index (χ1) is 11.9. The number of sulfonamides is 1. The smallest absolute Gasteiger partial charge is 0.255 e. The molecule has 2 aromatic carbocycles. The quantitative estimate of drug-likeness (QED) is 0.882. The van der Waals surface area contributed by atoms with E-state index in [2.05, 4.69) is 5.32 Å². The summed E-state index contributed by atoms with van der Waals surface area (Å²) in [6, 6.07) is 11.9. The summed E-state index contributed by atoms with van der Waals surface area (Å²) in [7, 11) is -3.25. The number of nitrogens with zero attached hydrogens (tertiary/aromatic N) is 1. The van der Waals surface area contributed by atoms with Crippen LogP contribution in [0.25, 0.3) is 0 Å². The van der Waals surface area contributed by atoms with E-state index < -0.39 is 10.0 Å². The molecule has 5 nitrogen and oxygen atoms in total. The molecular formula is C18H19ClN2O3S. The van der Waals surface area contributed by atoms with E-state index in [1.54, 1.807) is 42.5 Å². The summed E-state index contributed by atoms with van der Waals surface area (Å²) in [6.07, 6.45) is 1.56. The Morgan fingerprint density at radius 2 is 1.84 bits per heavy atom. The number of hydrogen-bond acceptors (Lipinski definition) is 3. The molecule has 0 spiro atoms. The lowest BCUT2D eigenvalue weighted by Gasteiger charge is -2.29. The molecule has 3 rings (SSSR count). The zero-order valence-corrected chi connectivity index (χ0v) is 15.4. The van der Waals surface area contributed by atoms with Crippen LogP contribution in [0.4, 0.5) is 11.4 Å². The highest BCUT2D eigenvalue weighted by molar-refractivity contribution is 7.92. The van der Waals surface area contributed by atoms with Gasteiger partial charge in [-0.2, -0.15) is 0 Å². The van der Waals surface area contributed by atoms with Gasteiger partial charge >= 0.3 is 0 Å². The Morgan fingerprint density at radius 1 is 1.12 bits per heavy atom. The Hall–Kier alpha value is -2.05. The molecule has 2 aromatic rings. The van der Waals surface area contributed by atoms with Crippen molar-refractivity contribution in [1.29, 1.82) is 0 Å². The maximum absolute atomic E-state index is 12.3.